The molecule has 0 bridgehead atoms. The maximum absolute atomic E-state index is 13.5. The highest BCUT2D eigenvalue weighted by Gasteiger charge is 2.41. The average Bonchev–Trinajstić information content (AvgIpc) is 3.24. The van der Waals surface area contributed by atoms with Gasteiger partial charge in [0.2, 0.25) is 0 Å². The van der Waals surface area contributed by atoms with E-state index in [0.29, 0.717) is 11.8 Å². The van der Waals surface area contributed by atoms with Gasteiger partial charge in [0, 0.05) is 36.4 Å². The Bertz CT molecular complexity index is 1160. The van der Waals surface area contributed by atoms with Gasteiger partial charge in [-0.1, -0.05) is 39.8 Å². The summed E-state index contributed by atoms with van der Waals surface area (Å²) in [5.41, 5.74) is 2.31. The fourth-order valence-corrected chi connectivity index (χ4v) is 6.97. The number of likely N-dealkylation sites (tertiary alicyclic amines) is 1. The molecular formula is C31H43F3N2O2. The first kappa shape index (κ1) is 27.7. The number of rotatable bonds is 5. The van der Waals surface area contributed by atoms with Crippen LogP contribution in [0.25, 0.3) is 10.9 Å². The largest absolute Gasteiger partial charge is 0.416 e. The van der Waals surface area contributed by atoms with Crippen molar-refractivity contribution < 1.29 is 23.0 Å². The molecule has 4 nitrogen and oxygen atoms in total. The van der Waals surface area contributed by atoms with E-state index >= 15 is 0 Å². The summed E-state index contributed by atoms with van der Waals surface area (Å²) in [7, 11) is 0. The lowest BCUT2D eigenvalue weighted by Crippen LogP contribution is -2.46. The summed E-state index contributed by atoms with van der Waals surface area (Å²) in [6.45, 7) is 12.9. The summed E-state index contributed by atoms with van der Waals surface area (Å²) in [5.74, 6) is 1.21. The van der Waals surface area contributed by atoms with Crippen molar-refractivity contribution in [2.24, 2.45) is 22.7 Å². The molecule has 3 aliphatic rings. The fraction of sp³-hybridized carbons (Fsp3) is 0.677. The normalized spacial score (nSPS) is 27.4. The highest BCUT2D eigenvalue weighted by molar-refractivity contribution is 5.86. The number of benzene rings is 1. The van der Waals surface area contributed by atoms with E-state index in [1.54, 1.807) is 6.07 Å². The minimum Gasteiger partial charge on any atom is -0.388 e. The fourth-order valence-electron chi connectivity index (χ4n) is 6.97. The number of hydrogen-bond donors (Lipinski definition) is 2. The second-order valence-electron chi connectivity index (χ2n) is 13.2. The van der Waals surface area contributed by atoms with Crippen LogP contribution in [-0.2, 0) is 17.3 Å². The molecule has 0 saturated carbocycles. The molecule has 1 aromatic heterocycles. The molecule has 5 rings (SSSR count). The molecule has 1 unspecified atom stereocenters. The lowest BCUT2D eigenvalue weighted by molar-refractivity contribution is -0.137. The Morgan fingerprint density at radius 2 is 1.95 bits per heavy atom. The summed E-state index contributed by atoms with van der Waals surface area (Å²) in [6.07, 6.45) is 4.44. The van der Waals surface area contributed by atoms with Crippen molar-refractivity contribution in [2.45, 2.75) is 78.0 Å². The lowest BCUT2D eigenvalue weighted by atomic mass is 9.68. The topological polar surface area (TPSA) is 48.5 Å². The highest BCUT2D eigenvalue weighted by atomic mass is 19.4. The third kappa shape index (κ3) is 5.57. The quantitative estimate of drug-likeness (QED) is 0.411. The van der Waals surface area contributed by atoms with Gasteiger partial charge in [-0.05, 0) is 97.5 Å². The van der Waals surface area contributed by atoms with Crippen molar-refractivity contribution in [2.75, 3.05) is 32.8 Å². The van der Waals surface area contributed by atoms with E-state index in [-0.39, 0.29) is 16.7 Å². The summed E-state index contributed by atoms with van der Waals surface area (Å²) < 4.78 is 46.0. The van der Waals surface area contributed by atoms with E-state index in [1.807, 2.05) is 6.08 Å². The summed E-state index contributed by atoms with van der Waals surface area (Å²) in [6, 6.07) is 4.12. The van der Waals surface area contributed by atoms with E-state index in [1.165, 1.54) is 12.1 Å². The van der Waals surface area contributed by atoms with Crippen LogP contribution in [-0.4, -0.2) is 53.9 Å². The Balaban J connectivity index is 1.31. The van der Waals surface area contributed by atoms with Gasteiger partial charge >= 0.3 is 6.18 Å². The molecular weight excluding hydrogens is 489 g/mol. The van der Waals surface area contributed by atoms with Crippen LogP contribution in [0.1, 0.15) is 76.1 Å². The number of aromatic amines is 1. The summed E-state index contributed by atoms with van der Waals surface area (Å²) in [5, 5.41) is 11.3. The number of alkyl halides is 3. The standard InChI is InChI=1S/C31H43F3N2O2/c1-20-24-19-36(14-10-30(11-15-38-16-12-30)9-7-27(37)29(2,3)4)13-8-21(24)17-26-28(20)23-18-22(31(32,33)34)5-6-25(23)35-26/h5-7,9,18,20-21,24,27,35,37H,8,10-17,19H2,1-4H3/t20-,21-,24-,27?/m1/s1. The Morgan fingerprint density at radius 1 is 1.21 bits per heavy atom. The van der Waals surface area contributed by atoms with E-state index in [9.17, 15) is 18.3 Å². The Hall–Kier alpha value is -1.83. The van der Waals surface area contributed by atoms with E-state index in [0.717, 1.165) is 87.1 Å². The number of H-pyrrole nitrogens is 1. The van der Waals surface area contributed by atoms with Crippen LogP contribution < -0.4 is 0 Å². The number of fused-ring (bicyclic) bond motifs is 4. The monoisotopic (exact) mass is 532 g/mol. The first-order chi connectivity index (χ1) is 17.9. The molecule has 0 radical (unpaired) electrons. The zero-order valence-corrected chi connectivity index (χ0v) is 23.2. The van der Waals surface area contributed by atoms with E-state index < -0.39 is 17.8 Å². The van der Waals surface area contributed by atoms with Crippen molar-refractivity contribution in [3.63, 3.8) is 0 Å². The van der Waals surface area contributed by atoms with Crippen LogP contribution in [0.4, 0.5) is 13.2 Å². The number of ether oxygens (including phenoxy) is 1. The molecule has 2 aromatic rings. The predicted molar refractivity (Wildman–Crippen MR) is 145 cm³/mol. The van der Waals surface area contributed by atoms with Gasteiger partial charge in [0.15, 0.2) is 0 Å². The van der Waals surface area contributed by atoms with Gasteiger partial charge in [0.25, 0.3) is 0 Å². The van der Waals surface area contributed by atoms with Gasteiger partial charge < -0.3 is 19.7 Å². The van der Waals surface area contributed by atoms with Crippen molar-refractivity contribution in [3.8, 4) is 0 Å². The number of nitrogens with zero attached hydrogens (tertiary/aromatic N) is 1. The Morgan fingerprint density at radius 3 is 2.63 bits per heavy atom. The van der Waals surface area contributed by atoms with Gasteiger partial charge in [0.1, 0.15) is 0 Å². The molecule has 1 aromatic carbocycles. The summed E-state index contributed by atoms with van der Waals surface area (Å²) in [4.78, 5) is 6.03. The van der Waals surface area contributed by atoms with Crippen LogP contribution in [0.2, 0.25) is 0 Å². The van der Waals surface area contributed by atoms with Gasteiger partial charge in [-0.15, -0.1) is 0 Å². The van der Waals surface area contributed by atoms with Gasteiger partial charge in [-0.2, -0.15) is 13.2 Å². The van der Waals surface area contributed by atoms with Gasteiger partial charge in [-0.3, -0.25) is 0 Å². The zero-order valence-electron chi connectivity index (χ0n) is 23.2. The lowest BCUT2D eigenvalue weighted by Gasteiger charge is -2.45. The van der Waals surface area contributed by atoms with Gasteiger partial charge in [-0.25, -0.2) is 0 Å². The number of hydrogen-bond acceptors (Lipinski definition) is 3. The van der Waals surface area contributed by atoms with E-state index in [4.69, 9.17) is 4.74 Å². The number of piperidine rings is 1. The second-order valence-corrected chi connectivity index (χ2v) is 13.2. The smallest absolute Gasteiger partial charge is 0.388 e. The minimum absolute atomic E-state index is 0.0392. The Kier molecular flexibility index (Phi) is 7.51. The molecule has 1 aliphatic carbocycles. The number of allylic oxidation sites excluding steroid dienone is 1. The number of aromatic nitrogens is 1. The number of aliphatic hydroxyl groups is 1. The molecule has 0 amide bonds. The van der Waals surface area contributed by atoms with Gasteiger partial charge in [0.05, 0.1) is 11.7 Å². The van der Waals surface area contributed by atoms with Crippen LogP contribution in [0.5, 0.6) is 0 Å². The third-order valence-corrected chi connectivity index (χ3v) is 9.64. The molecule has 0 spiro atoms. The van der Waals surface area contributed by atoms with Crippen molar-refractivity contribution in [1.29, 1.82) is 0 Å². The van der Waals surface area contributed by atoms with Crippen molar-refractivity contribution in [3.05, 3.63) is 47.2 Å². The van der Waals surface area contributed by atoms with Crippen LogP contribution in [0.15, 0.2) is 30.4 Å². The van der Waals surface area contributed by atoms with Crippen LogP contribution in [0, 0.1) is 22.7 Å². The third-order valence-electron chi connectivity index (χ3n) is 9.64. The summed E-state index contributed by atoms with van der Waals surface area (Å²) >= 11 is 0. The zero-order chi connectivity index (χ0) is 27.3. The van der Waals surface area contributed by atoms with E-state index in [2.05, 4.69) is 43.7 Å². The van der Waals surface area contributed by atoms with Crippen LogP contribution in [0.3, 0.4) is 0 Å². The first-order valence-electron chi connectivity index (χ1n) is 14.3. The predicted octanol–water partition coefficient (Wildman–Crippen LogP) is 6.93. The first-order valence-corrected chi connectivity index (χ1v) is 14.3. The molecule has 4 atom stereocenters. The number of nitrogens with one attached hydrogen (secondary N) is 1. The molecule has 3 heterocycles. The maximum Gasteiger partial charge on any atom is 0.416 e. The van der Waals surface area contributed by atoms with Crippen molar-refractivity contribution in [1.82, 2.24) is 9.88 Å². The molecule has 38 heavy (non-hydrogen) atoms. The molecule has 2 aliphatic heterocycles. The number of aliphatic hydroxyl groups excluding tert-OH is 1. The van der Waals surface area contributed by atoms with Crippen LogP contribution >= 0.6 is 0 Å². The molecule has 2 N–H and O–H groups in total. The SMILES string of the molecule is C[C@H]1c2c([nH]c3ccc(C(F)(F)F)cc23)C[C@H]2CCN(CCC3(C=CC(O)C(C)(C)C)CCOCC3)C[C@@H]21. The highest BCUT2D eigenvalue weighted by Crippen LogP contribution is 2.47. The Labute approximate surface area is 224 Å². The minimum atomic E-state index is -4.34. The maximum atomic E-state index is 13.5. The second kappa shape index (κ2) is 10.3. The number of halogens is 3. The molecule has 2 saturated heterocycles. The molecule has 2 fully saturated rings. The molecule has 210 valence electrons. The average molecular weight is 533 g/mol. The van der Waals surface area contributed by atoms with Crippen molar-refractivity contribution >= 4 is 10.9 Å². The molecule has 7 heteroatoms.